The van der Waals surface area contributed by atoms with Crippen LogP contribution in [0, 0.1) is 11.3 Å². The zero-order valence-corrected chi connectivity index (χ0v) is 11.3. The van der Waals surface area contributed by atoms with Crippen LogP contribution >= 0.6 is 0 Å². The van der Waals surface area contributed by atoms with Gasteiger partial charge in [0, 0.05) is 5.70 Å². The molecule has 0 aromatic carbocycles. The second kappa shape index (κ2) is 5.56. The third kappa shape index (κ3) is 5.39. The first-order valence-electron chi connectivity index (χ1n) is 6.53. The molecule has 0 aliphatic heterocycles. The first-order valence-corrected chi connectivity index (χ1v) is 6.53. The molecule has 0 saturated carbocycles. The minimum absolute atomic E-state index is 0.479. The Kier molecular flexibility index (Phi) is 4.64. The summed E-state index contributed by atoms with van der Waals surface area (Å²) in [6.07, 6.45) is 10.7. The van der Waals surface area contributed by atoms with Crippen molar-refractivity contribution in [3.8, 4) is 0 Å². The second-order valence-corrected chi connectivity index (χ2v) is 6.42. The maximum atomic E-state index is 5.87. The van der Waals surface area contributed by atoms with Crippen molar-refractivity contribution >= 4 is 0 Å². The summed E-state index contributed by atoms with van der Waals surface area (Å²) in [5.41, 5.74) is 8.86. The molecule has 0 aromatic heterocycles. The number of rotatable bonds is 4. The molecule has 0 spiro atoms. The third-order valence-electron chi connectivity index (χ3n) is 3.11. The van der Waals surface area contributed by atoms with Gasteiger partial charge in [-0.15, -0.1) is 0 Å². The molecule has 0 heterocycles. The van der Waals surface area contributed by atoms with Crippen LogP contribution in [0.25, 0.3) is 0 Å². The average molecular weight is 221 g/mol. The molecule has 1 aliphatic carbocycles. The lowest BCUT2D eigenvalue weighted by molar-refractivity contribution is 0.359. The molecule has 0 radical (unpaired) electrons. The van der Waals surface area contributed by atoms with Gasteiger partial charge in [0.15, 0.2) is 0 Å². The predicted molar refractivity (Wildman–Crippen MR) is 72.1 cm³/mol. The number of hydrogen-bond donors (Lipinski definition) is 1. The SMILES string of the molecule is CC1C=C(N)C=C(CCCCC(C)(C)C)C1. The van der Waals surface area contributed by atoms with Gasteiger partial charge in [-0.1, -0.05) is 45.8 Å². The van der Waals surface area contributed by atoms with Crippen molar-refractivity contribution in [1.82, 2.24) is 0 Å². The molecule has 0 bridgehead atoms. The molecule has 1 rings (SSSR count). The smallest absolute Gasteiger partial charge is 0.0275 e. The van der Waals surface area contributed by atoms with E-state index in [9.17, 15) is 0 Å². The van der Waals surface area contributed by atoms with Gasteiger partial charge in [0.2, 0.25) is 0 Å². The summed E-state index contributed by atoms with van der Waals surface area (Å²) in [5, 5.41) is 0. The number of allylic oxidation sites excluding steroid dienone is 3. The van der Waals surface area contributed by atoms with E-state index in [1.807, 2.05) is 0 Å². The second-order valence-electron chi connectivity index (χ2n) is 6.42. The van der Waals surface area contributed by atoms with Crippen molar-refractivity contribution < 1.29 is 0 Å². The Morgan fingerprint density at radius 1 is 1.31 bits per heavy atom. The normalized spacial score (nSPS) is 21.6. The molecule has 0 saturated heterocycles. The zero-order chi connectivity index (χ0) is 12.2. The molecule has 1 heteroatoms. The van der Waals surface area contributed by atoms with Crippen LogP contribution in [0.3, 0.4) is 0 Å². The van der Waals surface area contributed by atoms with Gasteiger partial charge in [-0.25, -0.2) is 0 Å². The van der Waals surface area contributed by atoms with Gasteiger partial charge in [-0.3, -0.25) is 0 Å². The maximum Gasteiger partial charge on any atom is 0.0275 e. The van der Waals surface area contributed by atoms with Crippen molar-refractivity contribution in [2.45, 2.75) is 59.8 Å². The van der Waals surface area contributed by atoms with Crippen molar-refractivity contribution in [2.75, 3.05) is 0 Å². The first kappa shape index (κ1) is 13.3. The van der Waals surface area contributed by atoms with Gasteiger partial charge in [-0.2, -0.15) is 0 Å². The maximum absolute atomic E-state index is 5.87. The molecule has 1 nitrogen and oxygen atoms in total. The minimum atomic E-state index is 0.479. The van der Waals surface area contributed by atoms with Gasteiger partial charge < -0.3 is 5.73 Å². The third-order valence-corrected chi connectivity index (χ3v) is 3.11. The topological polar surface area (TPSA) is 26.0 Å². The van der Waals surface area contributed by atoms with Crippen LogP contribution in [0.1, 0.15) is 59.8 Å². The molecule has 1 atom stereocenters. The van der Waals surface area contributed by atoms with Gasteiger partial charge in [0.25, 0.3) is 0 Å². The quantitative estimate of drug-likeness (QED) is 0.699. The Morgan fingerprint density at radius 2 is 2.00 bits per heavy atom. The van der Waals surface area contributed by atoms with Crippen LogP contribution in [0.15, 0.2) is 23.4 Å². The molecule has 0 aromatic rings. The summed E-state index contributed by atoms with van der Waals surface area (Å²) in [7, 11) is 0. The molecule has 2 N–H and O–H groups in total. The average Bonchev–Trinajstić information content (AvgIpc) is 2.09. The van der Waals surface area contributed by atoms with Crippen LogP contribution in [0.2, 0.25) is 0 Å². The number of hydrogen-bond acceptors (Lipinski definition) is 1. The molecule has 16 heavy (non-hydrogen) atoms. The van der Waals surface area contributed by atoms with Crippen molar-refractivity contribution in [2.24, 2.45) is 17.1 Å². The molecule has 92 valence electrons. The van der Waals surface area contributed by atoms with E-state index < -0.39 is 0 Å². The Labute approximate surface area is 101 Å². The zero-order valence-electron chi connectivity index (χ0n) is 11.3. The van der Waals surface area contributed by atoms with E-state index in [1.54, 1.807) is 5.57 Å². The van der Waals surface area contributed by atoms with E-state index >= 15 is 0 Å². The lowest BCUT2D eigenvalue weighted by Gasteiger charge is -2.19. The van der Waals surface area contributed by atoms with E-state index in [1.165, 1.54) is 32.1 Å². The van der Waals surface area contributed by atoms with E-state index in [0.717, 1.165) is 5.70 Å². The van der Waals surface area contributed by atoms with E-state index in [4.69, 9.17) is 5.73 Å². The monoisotopic (exact) mass is 221 g/mol. The molecule has 0 fully saturated rings. The lowest BCUT2D eigenvalue weighted by Crippen LogP contribution is -2.07. The first-order chi connectivity index (χ1) is 7.37. The molecule has 1 aliphatic rings. The Bertz CT molecular complexity index is 278. The van der Waals surface area contributed by atoms with Crippen molar-refractivity contribution in [3.63, 3.8) is 0 Å². The summed E-state index contributed by atoms with van der Waals surface area (Å²) < 4.78 is 0. The fraction of sp³-hybridized carbons (Fsp3) is 0.733. The Morgan fingerprint density at radius 3 is 2.56 bits per heavy atom. The highest BCUT2D eigenvalue weighted by Crippen LogP contribution is 2.27. The molecule has 0 amide bonds. The molecule has 1 unspecified atom stereocenters. The summed E-state index contributed by atoms with van der Waals surface area (Å²) in [6.45, 7) is 9.19. The van der Waals surface area contributed by atoms with Gasteiger partial charge in [0.05, 0.1) is 0 Å². The summed E-state index contributed by atoms with van der Waals surface area (Å²) in [6, 6.07) is 0. The number of unbranched alkanes of at least 4 members (excludes halogenated alkanes) is 1. The van der Waals surface area contributed by atoms with Gasteiger partial charge >= 0.3 is 0 Å². The highest BCUT2D eigenvalue weighted by Gasteiger charge is 2.12. The summed E-state index contributed by atoms with van der Waals surface area (Å²) in [5.74, 6) is 0.627. The summed E-state index contributed by atoms with van der Waals surface area (Å²) >= 11 is 0. The van der Waals surface area contributed by atoms with Crippen LogP contribution in [0.4, 0.5) is 0 Å². The van der Waals surface area contributed by atoms with Crippen LogP contribution in [-0.2, 0) is 0 Å². The highest BCUT2D eigenvalue weighted by atomic mass is 14.6. The van der Waals surface area contributed by atoms with Gasteiger partial charge in [-0.05, 0) is 43.1 Å². The van der Waals surface area contributed by atoms with Crippen molar-refractivity contribution in [3.05, 3.63) is 23.4 Å². The Hall–Kier alpha value is -0.720. The molecular weight excluding hydrogens is 194 g/mol. The lowest BCUT2D eigenvalue weighted by atomic mass is 9.87. The van der Waals surface area contributed by atoms with E-state index in [-0.39, 0.29) is 0 Å². The van der Waals surface area contributed by atoms with E-state index in [2.05, 4.69) is 39.8 Å². The number of nitrogens with two attached hydrogens (primary N) is 1. The van der Waals surface area contributed by atoms with Crippen LogP contribution < -0.4 is 5.73 Å². The van der Waals surface area contributed by atoms with Gasteiger partial charge in [0.1, 0.15) is 0 Å². The van der Waals surface area contributed by atoms with E-state index in [0.29, 0.717) is 11.3 Å². The van der Waals surface area contributed by atoms with Crippen LogP contribution in [-0.4, -0.2) is 0 Å². The highest BCUT2D eigenvalue weighted by molar-refractivity contribution is 5.26. The fourth-order valence-electron chi connectivity index (χ4n) is 2.33. The summed E-state index contributed by atoms with van der Waals surface area (Å²) in [4.78, 5) is 0. The predicted octanol–water partition coefficient (Wildman–Crippen LogP) is 4.40. The Balaban J connectivity index is 2.26. The van der Waals surface area contributed by atoms with Crippen molar-refractivity contribution in [1.29, 1.82) is 0 Å². The minimum Gasteiger partial charge on any atom is -0.399 e. The standard InChI is InChI=1S/C15H27N/c1-12-9-13(11-14(16)10-12)7-5-6-8-15(2,3)4/h10-12H,5-9,16H2,1-4H3. The fourth-order valence-corrected chi connectivity index (χ4v) is 2.33. The molecular formula is C15H27N. The largest absolute Gasteiger partial charge is 0.399 e. The van der Waals surface area contributed by atoms with Crippen LogP contribution in [0.5, 0.6) is 0 Å².